The summed E-state index contributed by atoms with van der Waals surface area (Å²) in [5, 5.41) is 1.86. The van der Waals surface area contributed by atoms with Crippen molar-refractivity contribution in [3.05, 3.63) is 29.8 Å². The van der Waals surface area contributed by atoms with E-state index in [0.29, 0.717) is 5.41 Å². The molecule has 1 aromatic rings. The van der Waals surface area contributed by atoms with E-state index in [1.165, 1.54) is 17.7 Å². The molecule has 0 saturated heterocycles. The maximum Gasteiger partial charge on any atom is 0.0141 e. The zero-order chi connectivity index (χ0) is 12.5. The van der Waals surface area contributed by atoms with Crippen molar-refractivity contribution >= 4 is 27.7 Å². The molecule has 2 rings (SSSR count). The SMILES string of the molecule is CC(C)C(C)(CBr)CC1Cc2ccccc2S1. The Hall–Kier alpha value is 0.0500. The van der Waals surface area contributed by atoms with E-state index in [2.05, 4.69) is 72.7 Å². The molecule has 2 unspecified atom stereocenters. The first-order valence-electron chi connectivity index (χ1n) is 6.35. The topological polar surface area (TPSA) is 0 Å². The van der Waals surface area contributed by atoms with Crippen LogP contribution in [0, 0.1) is 11.3 Å². The average Bonchev–Trinajstić information content (AvgIpc) is 2.70. The quantitative estimate of drug-likeness (QED) is 0.693. The minimum Gasteiger partial charge on any atom is -0.122 e. The first-order chi connectivity index (χ1) is 8.05. The molecule has 17 heavy (non-hydrogen) atoms. The summed E-state index contributed by atoms with van der Waals surface area (Å²) in [5.41, 5.74) is 1.96. The van der Waals surface area contributed by atoms with E-state index in [1.807, 2.05) is 0 Å². The maximum atomic E-state index is 3.71. The van der Waals surface area contributed by atoms with Crippen LogP contribution in [0.25, 0.3) is 0 Å². The minimum atomic E-state index is 0.416. The summed E-state index contributed by atoms with van der Waals surface area (Å²) in [6, 6.07) is 8.86. The Morgan fingerprint density at radius 3 is 2.71 bits per heavy atom. The summed E-state index contributed by atoms with van der Waals surface area (Å²) in [4.78, 5) is 1.50. The van der Waals surface area contributed by atoms with Gasteiger partial charge in [-0.2, -0.15) is 0 Å². The molecule has 0 aliphatic carbocycles. The third-order valence-corrected chi connectivity index (χ3v) is 6.71. The van der Waals surface area contributed by atoms with Crippen LogP contribution in [-0.2, 0) is 6.42 Å². The molecule has 2 heteroatoms. The van der Waals surface area contributed by atoms with Crippen LogP contribution in [-0.4, -0.2) is 10.6 Å². The van der Waals surface area contributed by atoms with Gasteiger partial charge in [-0.1, -0.05) is 54.9 Å². The maximum absolute atomic E-state index is 3.71. The van der Waals surface area contributed by atoms with Crippen molar-refractivity contribution in [1.82, 2.24) is 0 Å². The zero-order valence-corrected chi connectivity index (χ0v) is 13.3. The predicted octanol–water partition coefficient (Wildman–Crippen LogP) is 5.15. The van der Waals surface area contributed by atoms with E-state index >= 15 is 0 Å². The van der Waals surface area contributed by atoms with E-state index in [0.717, 1.165) is 16.5 Å². The van der Waals surface area contributed by atoms with Gasteiger partial charge < -0.3 is 0 Å². The monoisotopic (exact) mass is 312 g/mol. The molecule has 1 heterocycles. The molecule has 0 radical (unpaired) electrons. The third kappa shape index (κ3) is 2.90. The number of rotatable bonds is 4. The molecule has 2 atom stereocenters. The predicted molar refractivity (Wildman–Crippen MR) is 81.1 cm³/mol. The number of halogens is 1. The van der Waals surface area contributed by atoms with Crippen molar-refractivity contribution in [3.8, 4) is 0 Å². The van der Waals surface area contributed by atoms with Gasteiger partial charge in [0.1, 0.15) is 0 Å². The molecule has 0 fully saturated rings. The van der Waals surface area contributed by atoms with Crippen LogP contribution >= 0.6 is 27.7 Å². The number of fused-ring (bicyclic) bond motifs is 1. The number of hydrogen-bond acceptors (Lipinski definition) is 1. The molecule has 1 aliphatic rings. The molecule has 0 amide bonds. The van der Waals surface area contributed by atoms with Gasteiger partial charge in [-0.25, -0.2) is 0 Å². The average molecular weight is 313 g/mol. The number of alkyl halides is 1. The lowest BCUT2D eigenvalue weighted by molar-refractivity contribution is 0.237. The first-order valence-corrected chi connectivity index (χ1v) is 8.36. The van der Waals surface area contributed by atoms with Crippen molar-refractivity contribution in [3.63, 3.8) is 0 Å². The highest BCUT2D eigenvalue weighted by Gasteiger charge is 2.33. The molecule has 1 aromatic carbocycles. The molecule has 0 spiro atoms. The lowest BCUT2D eigenvalue weighted by atomic mass is 9.76. The van der Waals surface area contributed by atoms with Crippen molar-refractivity contribution < 1.29 is 0 Å². The van der Waals surface area contributed by atoms with Crippen LogP contribution in [0.3, 0.4) is 0 Å². The Morgan fingerprint density at radius 1 is 1.41 bits per heavy atom. The largest absolute Gasteiger partial charge is 0.122 e. The molecule has 0 aromatic heterocycles. The highest BCUT2D eigenvalue weighted by atomic mass is 79.9. The highest BCUT2D eigenvalue weighted by molar-refractivity contribution is 9.09. The van der Waals surface area contributed by atoms with Crippen LogP contribution in [0.5, 0.6) is 0 Å². The Labute approximate surface area is 118 Å². The minimum absolute atomic E-state index is 0.416. The lowest BCUT2D eigenvalue weighted by Crippen LogP contribution is -2.29. The van der Waals surface area contributed by atoms with Crippen LogP contribution in [0.4, 0.5) is 0 Å². The number of thioether (sulfide) groups is 1. The summed E-state index contributed by atoms with van der Waals surface area (Å²) in [7, 11) is 0. The molecule has 0 N–H and O–H groups in total. The summed E-state index contributed by atoms with van der Waals surface area (Å²) >= 11 is 5.78. The number of benzene rings is 1. The zero-order valence-electron chi connectivity index (χ0n) is 10.9. The van der Waals surface area contributed by atoms with Gasteiger partial charge in [0.05, 0.1) is 0 Å². The summed E-state index contributed by atoms with van der Waals surface area (Å²) in [6.45, 7) is 7.10. The molecular formula is C15H21BrS. The van der Waals surface area contributed by atoms with Crippen LogP contribution in [0.15, 0.2) is 29.2 Å². The fourth-order valence-corrected chi connectivity index (χ4v) is 4.75. The van der Waals surface area contributed by atoms with Gasteiger partial charge in [0.15, 0.2) is 0 Å². The van der Waals surface area contributed by atoms with E-state index in [9.17, 15) is 0 Å². The molecular weight excluding hydrogens is 292 g/mol. The Morgan fingerprint density at radius 2 is 2.12 bits per heavy atom. The normalized spacial score (nSPS) is 22.5. The molecule has 0 saturated carbocycles. The van der Waals surface area contributed by atoms with E-state index in [4.69, 9.17) is 0 Å². The standard InChI is InChI=1S/C15H21BrS/c1-11(2)15(3,10-16)9-13-8-12-6-4-5-7-14(12)17-13/h4-7,11,13H,8-10H2,1-3H3. The smallest absolute Gasteiger partial charge is 0.0141 e. The van der Waals surface area contributed by atoms with E-state index < -0.39 is 0 Å². The molecule has 94 valence electrons. The lowest BCUT2D eigenvalue weighted by Gasteiger charge is -2.34. The Balaban J connectivity index is 2.04. The van der Waals surface area contributed by atoms with Gasteiger partial charge in [-0.15, -0.1) is 11.8 Å². The summed E-state index contributed by atoms with van der Waals surface area (Å²) in [6.07, 6.45) is 2.55. The van der Waals surface area contributed by atoms with Crippen LogP contribution in [0.2, 0.25) is 0 Å². The fourth-order valence-electron chi connectivity index (χ4n) is 2.33. The molecule has 0 nitrogen and oxygen atoms in total. The number of hydrogen-bond donors (Lipinski definition) is 0. The third-order valence-electron chi connectivity index (χ3n) is 4.11. The van der Waals surface area contributed by atoms with Crippen LogP contribution < -0.4 is 0 Å². The van der Waals surface area contributed by atoms with Crippen molar-refractivity contribution in [2.45, 2.75) is 43.8 Å². The van der Waals surface area contributed by atoms with Gasteiger partial charge in [0.25, 0.3) is 0 Å². The van der Waals surface area contributed by atoms with Gasteiger partial charge in [-0.3, -0.25) is 0 Å². The van der Waals surface area contributed by atoms with E-state index in [-0.39, 0.29) is 0 Å². The van der Waals surface area contributed by atoms with Gasteiger partial charge in [-0.05, 0) is 35.8 Å². The van der Waals surface area contributed by atoms with Crippen molar-refractivity contribution in [2.75, 3.05) is 5.33 Å². The van der Waals surface area contributed by atoms with Gasteiger partial charge >= 0.3 is 0 Å². The molecule has 1 aliphatic heterocycles. The second kappa shape index (κ2) is 5.36. The van der Waals surface area contributed by atoms with Crippen LogP contribution in [0.1, 0.15) is 32.8 Å². The summed E-state index contributed by atoms with van der Waals surface area (Å²) in [5.74, 6) is 0.728. The second-order valence-electron chi connectivity index (χ2n) is 5.70. The van der Waals surface area contributed by atoms with Crippen molar-refractivity contribution in [1.29, 1.82) is 0 Å². The Kier molecular flexibility index (Phi) is 4.25. The van der Waals surface area contributed by atoms with E-state index in [1.54, 1.807) is 5.56 Å². The molecule has 0 bridgehead atoms. The van der Waals surface area contributed by atoms with Crippen molar-refractivity contribution in [2.24, 2.45) is 11.3 Å². The van der Waals surface area contributed by atoms with Gasteiger partial charge in [0, 0.05) is 15.5 Å². The Bertz CT molecular complexity index is 363. The highest BCUT2D eigenvalue weighted by Crippen LogP contribution is 2.44. The fraction of sp³-hybridized carbons (Fsp3) is 0.600. The second-order valence-corrected chi connectivity index (χ2v) is 7.60. The van der Waals surface area contributed by atoms with Gasteiger partial charge in [0.2, 0.25) is 0 Å². The first kappa shape index (κ1) is 13.5. The summed E-state index contributed by atoms with van der Waals surface area (Å²) < 4.78 is 0.